The average Bonchev–Trinajstić information content (AvgIpc) is 3.39. The molecule has 2 N–H and O–H groups in total. The van der Waals surface area contributed by atoms with Crippen LogP contribution in [-0.2, 0) is 27.9 Å². The summed E-state index contributed by atoms with van der Waals surface area (Å²) in [6, 6.07) is -0.846. The van der Waals surface area contributed by atoms with Crippen molar-refractivity contribution in [3.63, 3.8) is 0 Å². The summed E-state index contributed by atoms with van der Waals surface area (Å²) in [6.45, 7) is 7.03. The van der Waals surface area contributed by atoms with Crippen LogP contribution < -0.4 is 5.32 Å². The molecule has 1 amide bonds. The summed E-state index contributed by atoms with van der Waals surface area (Å²) in [5, 5.41) is 3.07. The maximum Gasteiger partial charge on any atom is 0.472 e. The summed E-state index contributed by atoms with van der Waals surface area (Å²) < 4.78 is 30.7. The number of phosphoric ester groups is 1. The number of unbranched alkanes of at least 4 members (excludes halogenated alkanes) is 41. The summed E-state index contributed by atoms with van der Waals surface area (Å²) >= 11 is 0. The van der Waals surface area contributed by atoms with Crippen LogP contribution in [0.4, 0.5) is 0 Å². The Hall–Kier alpha value is -1.77. The van der Waals surface area contributed by atoms with Crippen molar-refractivity contribution >= 4 is 19.7 Å². The van der Waals surface area contributed by atoms with E-state index in [-0.39, 0.29) is 25.1 Å². The molecule has 0 rings (SSSR count). The van der Waals surface area contributed by atoms with Crippen LogP contribution in [0.1, 0.15) is 329 Å². The van der Waals surface area contributed by atoms with Gasteiger partial charge >= 0.3 is 13.8 Å². The second kappa shape index (κ2) is 57.5. The molecule has 3 unspecified atom stereocenters. The van der Waals surface area contributed by atoms with Crippen molar-refractivity contribution < 1.29 is 37.3 Å². The molecular weight excluding hydrogens is 976 g/mol. The molecule has 0 aromatic heterocycles. The first-order valence-corrected chi connectivity index (χ1v) is 34.8. The highest BCUT2D eigenvalue weighted by Crippen LogP contribution is 2.43. The molecule has 0 aliphatic heterocycles. The number of nitrogens with zero attached hydrogens (tertiary/aromatic N) is 1. The number of hydrogen-bond donors (Lipinski definition) is 2. The first-order chi connectivity index (χ1) is 37.4. The molecule has 0 aromatic rings. The molecule has 0 bridgehead atoms. The highest BCUT2D eigenvalue weighted by molar-refractivity contribution is 7.47. The Morgan fingerprint density at radius 2 is 0.792 bits per heavy atom. The van der Waals surface area contributed by atoms with E-state index in [4.69, 9.17) is 13.8 Å². The van der Waals surface area contributed by atoms with Gasteiger partial charge < -0.3 is 19.4 Å². The lowest BCUT2D eigenvalue weighted by atomic mass is 10.0. The summed E-state index contributed by atoms with van der Waals surface area (Å²) in [5.41, 5.74) is 0. The minimum absolute atomic E-state index is 0.0421. The Labute approximate surface area is 478 Å². The lowest BCUT2D eigenvalue weighted by Crippen LogP contribution is -2.47. The molecule has 0 aromatic carbocycles. The smallest absolute Gasteiger partial charge is 0.456 e. The van der Waals surface area contributed by atoms with Crippen molar-refractivity contribution in [3.8, 4) is 0 Å². The Morgan fingerprint density at radius 1 is 0.455 bits per heavy atom. The molecule has 10 heteroatoms. The zero-order chi connectivity index (χ0) is 56.4. The molecular formula is C67H130N2O7P+. The quantitative estimate of drug-likeness (QED) is 0.0205. The molecule has 9 nitrogen and oxygen atoms in total. The van der Waals surface area contributed by atoms with Crippen molar-refractivity contribution in [1.82, 2.24) is 5.32 Å². The van der Waals surface area contributed by atoms with E-state index in [1.54, 1.807) is 0 Å². The van der Waals surface area contributed by atoms with E-state index in [1.807, 2.05) is 33.3 Å². The maximum absolute atomic E-state index is 13.6. The Kier molecular flexibility index (Phi) is 56.1. The predicted molar refractivity (Wildman–Crippen MR) is 332 cm³/mol. The fourth-order valence-electron chi connectivity index (χ4n) is 9.91. The van der Waals surface area contributed by atoms with Gasteiger partial charge in [0.15, 0.2) is 0 Å². The predicted octanol–water partition coefficient (Wildman–Crippen LogP) is 20.7. The van der Waals surface area contributed by atoms with Crippen LogP contribution in [0.2, 0.25) is 0 Å². The number of allylic oxidation sites excluding steroid dienone is 5. The molecule has 3 atom stereocenters. The third-order valence-corrected chi connectivity index (χ3v) is 16.1. The van der Waals surface area contributed by atoms with Gasteiger partial charge in [0.25, 0.3) is 0 Å². The number of esters is 1. The molecule has 0 aliphatic carbocycles. The van der Waals surface area contributed by atoms with Crippen molar-refractivity contribution in [2.45, 2.75) is 341 Å². The van der Waals surface area contributed by atoms with Crippen LogP contribution in [0.25, 0.3) is 0 Å². The number of carbonyl (C=O) groups excluding carboxylic acids is 2. The van der Waals surface area contributed by atoms with Gasteiger partial charge in [-0.1, -0.05) is 289 Å². The number of rotatable bonds is 61. The number of ether oxygens (including phenoxy) is 1. The fraction of sp³-hybridized carbons (Fsp3) is 0.881. The third-order valence-electron chi connectivity index (χ3n) is 15.1. The van der Waals surface area contributed by atoms with Gasteiger partial charge in [-0.2, -0.15) is 0 Å². The summed E-state index contributed by atoms with van der Waals surface area (Å²) in [4.78, 5) is 37.8. The Morgan fingerprint density at radius 3 is 1.19 bits per heavy atom. The summed E-state index contributed by atoms with van der Waals surface area (Å²) in [7, 11) is 1.51. The fourth-order valence-corrected chi connectivity index (χ4v) is 10.7. The third kappa shape index (κ3) is 58.7. The highest BCUT2D eigenvalue weighted by atomic mass is 31.2. The molecule has 0 aliphatic rings. The topological polar surface area (TPSA) is 111 Å². The van der Waals surface area contributed by atoms with Crippen LogP contribution in [0.5, 0.6) is 0 Å². The summed E-state index contributed by atoms with van der Waals surface area (Å²) in [5.74, 6) is -0.494. The number of phosphoric acid groups is 1. The van der Waals surface area contributed by atoms with E-state index in [1.165, 1.54) is 231 Å². The number of likely N-dealkylation sites (N-methyl/N-ethyl adjacent to an activating group) is 1. The first kappa shape index (κ1) is 75.2. The molecule has 0 heterocycles. The largest absolute Gasteiger partial charge is 0.472 e. The van der Waals surface area contributed by atoms with Gasteiger partial charge in [0.2, 0.25) is 5.91 Å². The van der Waals surface area contributed by atoms with Gasteiger partial charge in [-0.05, 0) is 63.9 Å². The van der Waals surface area contributed by atoms with E-state index < -0.39 is 20.0 Å². The molecule has 0 fully saturated rings. The van der Waals surface area contributed by atoms with Crippen molar-refractivity contribution in [2.75, 3.05) is 40.9 Å². The standard InChI is InChI=1S/C67H129N2O7P/c1-7-10-13-16-19-22-25-27-29-31-33-34-36-37-39-41-44-47-50-53-56-59-66(70)68-64(63-75-77(72,73)74-62-61-69(4,5)6)65(58-55-52-49-46-43-24-21-18-15-12-9-3)76-67(71)60-57-54-51-48-45-42-40-38-35-32-30-28-26-23-20-17-14-11-8-2/h20,23,28,30,55,58,64-65H,7-19,21-22,24-27,29,31-54,56-57,59-63H2,1-6H3,(H-,68,70,72,73)/p+1/b23-20-,30-28-,58-55+. The van der Waals surface area contributed by atoms with Gasteiger partial charge in [-0.3, -0.25) is 18.6 Å². The van der Waals surface area contributed by atoms with Gasteiger partial charge in [0.1, 0.15) is 19.3 Å². The molecule has 0 saturated carbocycles. The minimum Gasteiger partial charge on any atom is -0.456 e. The van der Waals surface area contributed by atoms with Gasteiger partial charge in [-0.15, -0.1) is 0 Å². The molecule has 0 spiro atoms. The van der Waals surface area contributed by atoms with E-state index in [0.717, 1.165) is 64.2 Å². The Balaban J connectivity index is 5.10. The van der Waals surface area contributed by atoms with E-state index in [2.05, 4.69) is 50.4 Å². The highest BCUT2D eigenvalue weighted by Gasteiger charge is 2.30. The number of quaternary nitrogens is 1. The molecule has 77 heavy (non-hydrogen) atoms. The maximum atomic E-state index is 13.6. The van der Waals surface area contributed by atoms with Crippen LogP contribution in [0.15, 0.2) is 36.5 Å². The molecule has 0 saturated heterocycles. The number of nitrogens with one attached hydrogen (secondary N) is 1. The zero-order valence-electron chi connectivity index (χ0n) is 52.0. The zero-order valence-corrected chi connectivity index (χ0v) is 52.9. The van der Waals surface area contributed by atoms with Crippen LogP contribution in [-0.4, -0.2) is 74.3 Å². The number of hydrogen-bond acceptors (Lipinski definition) is 6. The van der Waals surface area contributed by atoms with E-state index in [9.17, 15) is 19.0 Å². The summed E-state index contributed by atoms with van der Waals surface area (Å²) in [6.07, 6.45) is 70.0. The van der Waals surface area contributed by atoms with Crippen LogP contribution in [0.3, 0.4) is 0 Å². The van der Waals surface area contributed by atoms with Gasteiger partial charge in [0.05, 0.1) is 33.8 Å². The lowest BCUT2D eigenvalue weighted by molar-refractivity contribution is -0.870. The van der Waals surface area contributed by atoms with E-state index in [0.29, 0.717) is 23.9 Å². The van der Waals surface area contributed by atoms with Crippen LogP contribution in [0, 0.1) is 0 Å². The first-order valence-electron chi connectivity index (χ1n) is 33.3. The van der Waals surface area contributed by atoms with Crippen LogP contribution >= 0.6 is 7.82 Å². The SMILES string of the molecule is CCCCC/C=C\C/C=C\CCCCCCCCCCCC(=O)OC(/C=C/CCCCCCCCCCC)C(COP(=O)(O)OCC[N+](C)(C)C)NC(=O)CCCCCCCCCCCCCCCCCCCCCCC. The normalized spacial score (nSPS) is 13.8. The number of amides is 1. The van der Waals surface area contributed by atoms with Gasteiger partial charge in [-0.25, -0.2) is 4.57 Å². The Bertz CT molecular complexity index is 1410. The molecule has 454 valence electrons. The minimum atomic E-state index is -4.45. The lowest BCUT2D eigenvalue weighted by Gasteiger charge is -2.27. The monoisotopic (exact) mass is 1110 g/mol. The van der Waals surface area contributed by atoms with Gasteiger partial charge in [0, 0.05) is 12.8 Å². The van der Waals surface area contributed by atoms with E-state index >= 15 is 0 Å². The van der Waals surface area contributed by atoms with Crippen molar-refractivity contribution in [1.29, 1.82) is 0 Å². The second-order valence-electron chi connectivity index (χ2n) is 24.0. The average molecular weight is 1110 g/mol. The van der Waals surface area contributed by atoms with Crippen molar-refractivity contribution in [3.05, 3.63) is 36.5 Å². The van der Waals surface area contributed by atoms with Crippen molar-refractivity contribution in [2.24, 2.45) is 0 Å². The molecule has 0 radical (unpaired) electrons. The number of carbonyl (C=O) groups is 2. The second-order valence-corrected chi connectivity index (χ2v) is 25.5.